The Morgan fingerprint density at radius 2 is 1.67 bits per heavy atom. The molecule has 102 valence electrons. The highest BCUT2D eigenvalue weighted by Gasteiger charge is 2.51. The van der Waals surface area contributed by atoms with Gasteiger partial charge in [0.2, 0.25) is 0 Å². The van der Waals surface area contributed by atoms with E-state index < -0.39 is 17.0 Å². The van der Waals surface area contributed by atoms with E-state index in [9.17, 15) is 19.8 Å². The first-order valence-electron chi connectivity index (χ1n) is 6.98. The van der Waals surface area contributed by atoms with E-state index >= 15 is 0 Å². The highest BCUT2D eigenvalue weighted by Crippen LogP contribution is 2.44. The smallest absolute Gasteiger partial charge is 0.317 e. The standard InChI is InChI=1S/C14H22O4/c15-11-6-2-5-9-14(11,12(16)17)10-13(18)7-3-1-4-8-13/h18H,1-10H2,(H,16,17). The summed E-state index contributed by atoms with van der Waals surface area (Å²) in [5.74, 6) is -1.22. The number of rotatable bonds is 3. The zero-order chi connectivity index (χ0) is 13.2. The minimum atomic E-state index is -1.32. The van der Waals surface area contributed by atoms with Crippen LogP contribution < -0.4 is 0 Å². The molecule has 0 aromatic heterocycles. The Kier molecular flexibility index (Phi) is 3.76. The Hall–Kier alpha value is -0.900. The van der Waals surface area contributed by atoms with Gasteiger partial charge in [-0.25, -0.2) is 0 Å². The SMILES string of the molecule is O=C(O)C1(CC2(O)CCCCC2)CCCCC1=O. The molecule has 0 aromatic carbocycles. The summed E-state index contributed by atoms with van der Waals surface area (Å²) in [7, 11) is 0. The molecule has 2 rings (SSSR count). The molecular weight excluding hydrogens is 232 g/mol. The maximum absolute atomic E-state index is 12.1. The van der Waals surface area contributed by atoms with Gasteiger partial charge >= 0.3 is 5.97 Å². The second kappa shape index (κ2) is 5.00. The molecule has 0 aromatic rings. The van der Waals surface area contributed by atoms with Crippen molar-refractivity contribution in [2.45, 2.75) is 69.8 Å². The summed E-state index contributed by atoms with van der Waals surface area (Å²) < 4.78 is 0. The van der Waals surface area contributed by atoms with E-state index in [1.807, 2.05) is 0 Å². The Morgan fingerprint density at radius 3 is 2.22 bits per heavy atom. The third kappa shape index (κ3) is 2.44. The van der Waals surface area contributed by atoms with Crippen molar-refractivity contribution in [3.63, 3.8) is 0 Å². The molecule has 0 saturated heterocycles. The van der Waals surface area contributed by atoms with Gasteiger partial charge in [-0.2, -0.15) is 0 Å². The number of carbonyl (C=O) groups excluding carboxylic acids is 1. The van der Waals surface area contributed by atoms with Crippen LogP contribution in [0.5, 0.6) is 0 Å². The van der Waals surface area contributed by atoms with Crippen LogP contribution in [0.3, 0.4) is 0 Å². The fraction of sp³-hybridized carbons (Fsp3) is 0.857. The highest BCUT2D eigenvalue weighted by molar-refractivity contribution is 6.03. The van der Waals surface area contributed by atoms with Crippen LogP contribution in [-0.2, 0) is 9.59 Å². The molecule has 2 fully saturated rings. The van der Waals surface area contributed by atoms with Gasteiger partial charge in [-0.15, -0.1) is 0 Å². The lowest BCUT2D eigenvalue weighted by molar-refractivity contribution is -0.163. The summed E-state index contributed by atoms with van der Waals surface area (Å²) in [6, 6.07) is 0. The minimum absolute atomic E-state index is 0.119. The van der Waals surface area contributed by atoms with Gasteiger partial charge in [0, 0.05) is 6.42 Å². The minimum Gasteiger partial charge on any atom is -0.480 e. The predicted molar refractivity (Wildman–Crippen MR) is 66.2 cm³/mol. The van der Waals surface area contributed by atoms with Crippen LogP contribution in [0, 0.1) is 5.41 Å². The summed E-state index contributed by atoms with van der Waals surface area (Å²) >= 11 is 0. The van der Waals surface area contributed by atoms with Crippen LogP contribution >= 0.6 is 0 Å². The van der Waals surface area contributed by atoms with E-state index in [0.717, 1.165) is 32.1 Å². The number of aliphatic carboxylic acids is 1. The van der Waals surface area contributed by atoms with E-state index in [-0.39, 0.29) is 12.2 Å². The molecule has 0 heterocycles. The average Bonchev–Trinajstić information content (AvgIpc) is 2.32. The van der Waals surface area contributed by atoms with Gasteiger partial charge in [0.25, 0.3) is 0 Å². The zero-order valence-corrected chi connectivity index (χ0v) is 10.8. The molecule has 2 aliphatic rings. The second-order valence-electron chi connectivity index (χ2n) is 5.98. The number of hydrogen-bond acceptors (Lipinski definition) is 3. The first kappa shape index (κ1) is 13.5. The van der Waals surface area contributed by atoms with Crippen LogP contribution in [0.1, 0.15) is 64.2 Å². The van der Waals surface area contributed by atoms with Gasteiger partial charge in [-0.3, -0.25) is 9.59 Å². The van der Waals surface area contributed by atoms with Crippen molar-refractivity contribution < 1.29 is 19.8 Å². The van der Waals surface area contributed by atoms with Crippen LogP contribution in [0.15, 0.2) is 0 Å². The molecular formula is C14H22O4. The van der Waals surface area contributed by atoms with Crippen LogP contribution in [0.2, 0.25) is 0 Å². The Labute approximate surface area is 107 Å². The molecule has 4 heteroatoms. The number of ketones is 1. The van der Waals surface area contributed by atoms with Crippen molar-refractivity contribution >= 4 is 11.8 Å². The summed E-state index contributed by atoms with van der Waals surface area (Å²) in [6.07, 6.45) is 6.64. The topological polar surface area (TPSA) is 74.6 Å². The highest BCUT2D eigenvalue weighted by atomic mass is 16.4. The second-order valence-corrected chi connectivity index (χ2v) is 5.98. The summed E-state index contributed by atoms with van der Waals surface area (Å²) in [5.41, 5.74) is -2.26. The van der Waals surface area contributed by atoms with E-state index in [1.165, 1.54) is 0 Å². The predicted octanol–water partition coefficient (Wildman–Crippen LogP) is 2.29. The largest absolute Gasteiger partial charge is 0.480 e. The Balaban J connectivity index is 2.19. The monoisotopic (exact) mass is 254 g/mol. The van der Waals surface area contributed by atoms with Crippen molar-refractivity contribution in [3.8, 4) is 0 Å². The number of Topliss-reactive ketones (excluding diaryl/α,β-unsaturated/α-hetero) is 1. The van der Waals surface area contributed by atoms with E-state index in [2.05, 4.69) is 0 Å². The Bertz CT molecular complexity index is 344. The summed E-state index contributed by atoms with van der Waals surface area (Å²) in [6.45, 7) is 0. The summed E-state index contributed by atoms with van der Waals surface area (Å²) in [4.78, 5) is 23.7. The first-order valence-corrected chi connectivity index (χ1v) is 6.98. The molecule has 0 bridgehead atoms. The number of aliphatic hydroxyl groups is 1. The fourth-order valence-corrected chi connectivity index (χ4v) is 3.53. The van der Waals surface area contributed by atoms with E-state index in [4.69, 9.17) is 0 Å². The maximum atomic E-state index is 12.1. The van der Waals surface area contributed by atoms with Crippen molar-refractivity contribution in [3.05, 3.63) is 0 Å². The number of carboxylic acid groups (broad SMARTS) is 1. The molecule has 0 radical (unpaired) electrons. The van der Waals surface area contributed by atoms with E-state index in [1.54, 1.807) is 0 Å². The Morgan fingerprint density at radius 1 is 1.06 bits per heavy atom. The zero-order valence-electron chi connectivity index (χ0n) is 10.8. The van der Waals surface area contributed by atoms with Gasteiger partial charge in [0.15, 0.2) is 0 Å². The number of carboxylic acids is 1. The molecule has 0 amide bonds. The van der Waals surface area contributed by atoms with Gasteiger partial charge in [-0.05, 0) is 32.1 Å². The van der Waals surface area contributed by atoms with Gasteiger partial charge < -0.3 is 10.2 Å². The molecule has 2 saturated carbocycles. The van der Waals surface area contributed by atoms with E-state index in [0.29, 0.717) is 25.7 Å². The third-order valence-electron chi connectivity index (χ3n) is 4.62. The number of hydrogen-bond donors (Lipinski definition) is 2. The van der Waals surface area contributed by atoms with Gasteiger partial charge in [0.05, 0.1) is 5.60 Å². The lowest BCUT2D eigenvalue weighted by atomic mass is 9.64. The van der Waals surface area contributed by atoms with Crippen LogP contribution in [0.25, 0.3) is 0 Å². The lowest BCUT2D eigenvalue weighted by Crippen LogP contribution is -2.48. The van der Waals surface area contributed by atoms with Crippen LogP contribution in [0.4, 0.5) is 0 Å². The molecule has 2 aliphatic carbocycles. The maximum Gasteiger partial charge on any atom is 0.317 e. The normalized spacial score (nSPS) is 32.2. The quantitative estimate of drug-likeness (QED) is 0.758. The van der Waals surface area contributed by atoms with Crippen molar-refractivity contribution in [2.75, 3.05) is 0 Å². The molecule has 1 unspecified atom stereocenters. The molecule has 4 nitrogen and oxygen atoms in total. The van der Waals surface area contributed by atoms with Crippen molar-refractivity contribution in [1.29, 1.82) is 0 Å². The van der Waals surface area contributed by atoms with Gasteiger partial charge in [0.1, 0.15) is 11.2 Å². The molecule has 0 aliphatic heterocycles. The fourth-order valence-electron chi connectivity index (χ4n) is 3.53. The first-order chi connectivity index (χ1) is 8.49. The molecule has 18 heavy (non-hydrogen) atoms. The summed E-state index contributed by atoms with van der Waals surface area (Å²) in [5, 5.41) is 20.0. The lowest BCUT2D eigenvalue weighted by Gasteiger charge is -2.41. The number of carbonyl (C=O) groups is 2. The molecule has 1 atom stereocenters. The van der Waals surface area contributed by atoms with Crippen molar-refractivity contribution in [1.82, 2.24) is 0 Å². The van der Waals surface area contributed by atoms with Crippen LogP contribution in [-0.4, -0.2) is 27.6 Å². The van der Waals surface area contributed by atoms with Gasteiger partial charge in [-0.1, -0.05) is 25.7 Å². The third-order valence-corrected chi connectivity index (χ3v) is 4.62. The molecule has 0 spiro atoms. The molecule has 2 N–H and O–H groups in total. The van der Waals surface area contributed by atoms with Crippen molar-refractivity contribution in [2.24, 2.45) is 5.41 Å². The average molecular weight is 254 g/mol.